The molecule has 1 aliphatic rings. The van der Waals surface area contributed by atoms with Crippen LogP contribution in [-0.2, 0) is 26.5 Å². The fraction of sp³-hybridized carbons (Fsp3) is 0.700. The summed E-state index contributed by atoms with van der Waals surface area (Å²) in [7, 11) is -3.06. The van der Waals surface area contributed by atoms with E-state index in [-0.39, 0.29) is 34.8 Å². The second-order valence-electron chi connectivity index (χ2n) is 9.27. The molecule has 30 heavy (non-hydrogen) atoms. The average molecular weight is 438 g/mol. The molecule has 0 radical (unpaired) electrons. The van der Waals surface area contributed by atoms with Crippen LogP contribution in [0.15, 0.2) is 10.6 Å². The first-order chi connectivity index (χ1) is 13.9. The van der Waals surface area contributed by atoms with Gasteiger partial charge in [-0.3, -0.25) is 4.79 Å². The second kappa shape index (κ2) is 8.49. The van der Waals surface area contributed by atoms with Crippen molar-refractivity contribution in [1.29, 1.82) is 0 Å². The van der Waals surface area contributed by atoms with Gasteiger partial charge in [-0.05, 0) is 12.8 Å². The Kier molecular flexibility index (Phi) is 6.35. The van der Waals surface area contributed by atoms with E-state index in [2.05, 4.69) is 20.6 Å². The Morgan fingerprint density at radius 3 is 2.67 bits per heavy atom. The number of carbonyl (C=O) groups excluding carboxylic acids is 1. The van der Waals surface area contributed by atoms with Gasteiger partial charge in [0.2, 0.25) is 11.8 Å². The highest BCUT2D eigenvalue weighted by molar-refractivity contribution is 7.91. The Morgan fingerprint density at radius 1 is 1.37 bits per heavy atom. The number of hydrogen-bond donors (Lipinski definition) is 1. The van der Waals surface area contributed by atoms with Gasteiger partial charge in [0.15, 0.2) is 15.7 Å². The first kappa shape index (κ1) is 22.5. The van der Waals surface area contributed by atoms with Crippen LogP contribution in [-0.4, -0.2) is 45.8 Å². The summed E-state index contributed by atoms with van der Waals surface area (Å²) in [5.41, 5.74) is 0.600. The molecule has 10 heteroatoms. The number of anilines is 1. The molecular weight excluding hydrogens is 406 g/mol. The maximum atomic E-state index is 12.5. The number of carbonyl (C=O) groups is 1. The van der Waals surface area contributed by atoms with Crippen molar-refractivity contribution in [3.63, 3.8) is 0 Å². The minimum atomic E-state index is -3.06. The van der Waals surface area contributed by atoms with Crippen molar-refractivity contribution in [2.75, 3.05) is 16.8 Å². The van der Waals surface area contributed by atoms with E-state index in [1.807, 2.05) is 40.7 Å². The molecule has 0 aromatic carbocycles. The molecular formula is C20H31N5O4S. The summed E-state index contributed by atoms with van der Waals surface area (Å²) in [6.07, 6.45) is 1.90. The van der Waals surface area contributed by atoms with Gasteiger partial charge in [0, 0.05) is 30.2 Å². The van der Waals surface area contributed by atoms with E-state index in [0.29, 0.717) is 43.2 Å². The lowest BCUT2D eigenvalue weighted by Crippen LogP contribution is -2.20. The van der Waals surface area contributed by atoms with Gasteiger partial charge >= 0.3 is 0 Å². The third-order valence-corrected chi connectivity index (χ3v) is 6.87. The number of nitrogens with zero attached hydrogens (tertiary/aromatic N) is 4. The van der Waals surface area contributed by atoms with E-state index in [1.165, 1.54) is 0 Å². The van der Waals surface area contributed by atoms with E-state index >= 15 is 0 Å². The van der Waals surface area contributed by atoms with E-state index < -0.39 is 9.84 Å². The summed E-state index contributed by atoms with van der Waals surface area (Å²) >= 11 is 0. The van der Waals surface area contributed by atoms with Gasteiger partial charge in [0.25, 0.3) is 0 Å². The molecule has 0 spiro atoms. The van der Waals surface area contributed by atoms with E-state index in [0.717, 1.165) is 5.69 Å². The van der Waals surface area contributed by atoms with Crippen LogP contribution in [0.1, 0.15) is 83.2 Å². The molecule has 3 rings (SSSR count). The quantitative estimate of drug-likeness (QED) is 0.707. The molecule has 2 aromatic heterocycles. The summed E-state index contributed by atoms with van der Waals surface area (Å²) in [4.78, 5) is 16.9. The maximum Gasteiger partial charge on any atom is 0.226 e. The van der Waals surface area contributed by atoms with Crippen LogP contribution in [0.4, 0.5) is 5.82 Å². The SMILES string of the molecule is CC(C)c1noc(CCCC(=O)Nc2cc(C(C)(C)C)nn2[C@H]2CCS(=O)(=O)C2)n1. The van der Waals surface area contributed by atoms with Gasteiger partial charge in [-0.25, -0.2) is 13.1 Å². The van der Waals surface area contributed by atoms with E-state index in [4.69, 9.17) is 4.52 Å². The second-order valence-corrected chi connectivity index (χ2v) is 11.5. The predicted molar refractivity (Wildman–Crippen MR) is 113 cm³/mol. The fourth-order valence-electron chi connectivity index (χ4n) is 3.31. The summed E-state index contributed by atoms with van der Waals surface area (Å²) in [5.74, 6) is 1.99. The Morgan fingerprint density at radius 2 is 2.10 bits per heavy atom. The highest BCUT2D eigenvalue weighted by atomic mass is 32.2. The molecule has 0 saturated carbocycles. The summed E-state index contributed by atoms with van der Waals surface area (Å²) in [6.45, 7) is 10.1. The Balaban J connectivity index is 1.65. The smallest absolute Gasteiger partial charge is 0.226 e. The fourth-order valence-corrected chi connectivity index (χ4v) is 5.00. The number of rotatable bonds is 7. The zero-order chi connectivity index (χ0) is 22.1. The lowest BCUT2D eigenvalue weighted by atomic mass is 9.92. The molecule has 2 aromatic rings. The van der Waals surface area contributed by atoms with Crippen LogP contribution in [0.5, 0.6) is 0 Å². The molecule has 166 valence electrons. The van der Waals surface area contributed by atoms with Crippen molar-refractivity contribution in [3.05, 3.63) is 23.5 Å². The minimum absolute atomic E-state index is 0.0521. The molecule has 1 atom stereocenters. The third kappa shape index (κ3) is 5.47. The average Bonchev–Trinajstić information content (AvgIpc) is 3.32. The standard InChI is InChI=1S/C20H31N5O4S/c1-13(2)19-22-18(29-24-19)8-6-7-17(26)21-16-11-15(20(3,4)5)23-25(16)14-9-10-30(27,28)12-14/h11,13-14H,6-10,12H2,1-5H3,(H,21,26)/t14-/m0/s1. The minimum Gasteiger partial charge on any atom is -0.339 e. The van der Waals surface area contributed by atoms with Crippen LogP contribution in [0, 0.1) is 0 Å². The van der Waals surface area contributed by atoms with Gasteiger partial charge in [-0.15, -0.1) is 0 Å². The lowest BCUT2D eigenvalue weighted by molar-refractivity contribution is -0.116. The van der Waals surface area contributed by atoms with Crippen molar-refractivity contribution in [1.82, 2.24) is 19.9 Å². The molecule has 0 aliphatic carbocycles. The Bertz CT molecular complexity index is 1000. The van der Waals surface area contributed by atoms with Gasteiger partial charge in [0.05, 0.1) is 23.2 Å². The normalized spacial score (nSPS) is 18.8. The highest BCUT2D eigenvalue weighted by Gasteiger charge is 2.32. The molecule has 1 N–H and O–H groups in total. The van der Waals surface area contributed by atoms with Crippen LogP contribution in [0.25, 0.3) is 0 Å². The number of sulfone groups is 1. The molecule has 1 amide bonds. The topological polar surface area (TPSA) is 120 Å². The molecule has 9 nitrogen and oxygen atoms in total. The van der Waals surface area contributed by atoms with Gasteiger partial charge in [-0.1, -0.05) is 39.8 Å². The monoisotopic (exact) mass is 437 g/mol. The number of aryl methyl sites for hydroxylation is 1. The van der Waals surface area contributed by atoms with Crippen molar-refractivity contribution in [2.24, 2.45) is 0 Å². The van der Waals surface area contributed by atoms with Gasteiger partial charge in [-0.2, -0.15) is 10.1 Å². The van der Waals surface area contributed by atoms with Crippen molar-refractivity contribution < 1.29 is 17.7 Å². The number of aromatic nitrogens is 4. The van der Waals surface area contributed by atoms with E-state index in [1.54, 1.807) is 4.68 Å². The summed E-state index contributed by atoms with van der Waals surface area (Å²) < 4.78 is 30.7. The van der Waals surface area contributed by atoms with Crippen molar-refractivity contribution in [2.45, 2.75) is 77.7 Å². The van der Waals surface area contributed by atoms with Crippen LogP contribution in [0.3, 0.4) is 0 Å². The number of hydrogen-bond acceptors (Lipinski definition) is 7. The molecule has 0 unspecified atom stereocenters. The molecule has 1 saturated heterocycles. The molecule has 3 heterocycles. The zero-order valence-electron chi connectivity index (χ0n) is 18.3. The zero-order valence-corrected chi connectivity index (χ0v) is 19.1. The lowest BCUT2D eigenvalue weighted by Gasteiger charge is -2.15. The Labute approximate surface area is 177 Å². The van der Waals surface area contributed by atoms with Crippen LogP contribution >= 0.6 is 0 Å². The van der Waals surface area contributed by atoms with Gasteiger partial charge in [0.1, 0.15) is 5.82 Å². The summed E-state index contributed by atoms with van der Waals surface area (Å²) in [5, 5.41) is 11.5. The maximum absolute atomic E-state index is 12.5. The molecule has 0 bridgehead atoms. The van der Waals surface area contributed by atoms with Crippen molar-refractivity contribution >= 4 is 21.6 Å². The predicted octanol–water partition coefficient (Wildman–Crippen LogP) is 3.01. The largest absolute Gasteiger partial charge is 0.339 e. The highest BCUT2D eigenvalue weighted by Crippen LogP contribution is 2.31. The third-order valence-electron chi connectivity index (χ3n) is 5.12. The first-order valence-electron chi connectivity index (χ1n) is 10.4. The summed E-state index contributed by atoms with van der Waals surface area (Å²) in [6, 6.07) is 1.59. The molecule has 1 aliphatic heterocycles. The van der Waals surface area contributed by atoms with E-state index in [9.17, 15) is 13.2 Å². The number of nitrogens with one attached hydrogen (secondary N) is 1. The van der Waals surface area contributed by atoms with Crippen molar-refractivity contribution in [3.8, 4) is 0 Å². The van der Waals surface area contributed by atoms with Crippen LogP contribution < -0.4 is 5.32 Å². The molecule has 1 fully saturated rings. The van der Waals surface area contributed by atoms with Crippen LogP contribution in [0.2, 0.25) is 0 Å². The number of amides is 1. The Hall–Kier alpha value is -2.23. The van der Waals surface area contributed by atoms with Gasteiger partial charge < -0.3 is 9.84 Å². The first-order valence-corrected chi connectivity index (χ1v) is 12.2.